The highest BCUT2D eigenvalue weighted by molar-refractivity contribution is 6.05. The Labute approximate surface area is 183 Å². The molecule has 1 amide bonds. The third-order valence-corrected chi connectivity index (χ3v) is 6.44. The van der Waals surface area contributed by atoms with E-state index < -0.39 is 11.9 Å². The molecule has 1 saturated carbocycles. The zero-order valence-electron chi connectivity index (χ0n) is 17.8. The van der Waals surface area contributed by atoms with Gasteiger partial charge in [-0.15, -0.1) is 0 Å². The highest BCUT2D eigenvalue weighted by Crippen LogP contribution is 2.40. The molecule has 32 heavy (non-hydrogen) atoms. The van der Waals surface area contributed by atoms with Gasteiger partial charge in [-0.1, -0.05) is 0 Å². The van der Waals surface area contributed by atoms with Crippen LogP contribution in [0.2, 0.25) is 0 Å². The van der Waals surface area contributed by atoms with Crippen LogP contribution >= 0.6 is 0 Å². The fourth-order valence-corrected chi connectivity index (χ4v) is 4.48. The molecule has 170 valence electrons. The molecule has 2 aromatic heterocycles. The molecule has 3 aliphatic rings. The van der Waals surface area contributed by atoms with Crippen molar-refractivity contribution in [2.45, 2.75) is 56.9 Å². The zero-order chi connectivity index (χ0) is 22.6. The number of carbonyl (C=O) groups excluding carboxylic acids is 1. The number of nitrogens with one attached hydrogen (secondary N) is 2. The Morgan fingerprint density at radius 2 is 1.88 bits per heavy atom. The Hall–Kier alpha value is -3.11. The monoisotopic (exact) mass is 447 g/mol. The van der Waals surface area contributed by atoms with Crippen LogP contribution in [0.3, 0.4) is 0 Å². The molecule has 0 saturated heterocycles. The minimum Gasteiger partial charge on any atom is -0.381 e. The summed E-state index contributed by atoms with van der Waals surface area (Å²) < 4.78 is 37.9. The topological polar surface area (TPSA) is 86.3 Å². The molecule has 0 radical (unpaired) electrons. The Kier molecular flexibility index (Phi) is 4.86. The van der Waals surface area contributed by atoms with Gasteiger partial charge in [-0.05, 0) is 44.7 Å². The van der Waals surface area contributed by atoms with Crippen LogP contribution in [0.25, 0.3) is 0 Å². The molecule has 11 heteroatoms. The molecule has 0 aromatic carbocycles. The van der Waals surface area contributed by atoms with Crippen LogP contribution in [0, 0.1) is 0 Å². The van der Waals surface area contributed by atoms with Crippen LogP contribution in [0.5, 0.6) is 0 Å². The third-order valence-electron chi connectivity index (χ3n) is 6.44. The minimum absolute atomic E-state index is 0.0796. The van der Waals surface area contributed by atoms with Crippen molar-refractivity contribution in [2.75, 3.05) is 34.0 Å². The maximum absolute atomic E-state index is 12.6. The second kappa shape index (κ2) is 7.49. The number of pyridine rings is 1. The SMILES string of the molecule is C[C@H]1C(=O)N2CCCc3nc(NC4CC(Nc5ccc(C(F)(F)F)nc5)C4)nc(c32)N1C. The van der Waals surface area contributed by atoms with Gasteiger partial charge in [0.25, 0.3) is 0 Å². The molecule has 1 fully saturated rings. The summed E-state index contributed by atoms with van der Waals surface area (Å²) in [5.41, 5.74) is 1.39. The van der Waals surface area contributed by atoms with Crippen LogP contribution in [0.15, 0.2) is 18.3 Å². The van der Waals surface area contributed by atoms with Gasteiger partial charge in [-0.2, -0.15) is 18.2 Å². The molecular weight excluding hydrogens is 423 g/mol. The van der Waals surface area contributed by atoms with Gasteiger partial charge in [0.15, 0.2) is 5.82 Å². The largest absolute Gasteiger partial charge is 0.433 e. The highest BCUT2D eigenvalue weighted by atomic mass is 19.4. The van der Waals surface area contributed by atoms with Gasteiger partial charge in [0.05, 0.1) is 17.6 Å². The number of hydrogen-bond donors (Lipinski definition) is 2. The number of aromatic nitrogens is 3. The van der Waals surface area contributed by atoms with Crippen molar-refractivity contribution in [2.24, 2.45) is 0 Å². The molecule has 1 aliphatic carbocycles. The lowest BCUT2D eigenvalue weighted by atomic mass is 9.86. The molecule has 4 heterocycles. The van der Waals surface area contributed by atoms with Crippen molar-refractivity contribution in [3.05, 3.63) is 29.7 Å². The van der Waals surface area contributed by atoms with E-state index in [2.05, 4.69) is 20.6 Å². The Morgan fingerprint density at radius 1 is 1.12 bits per heavy atom. The van der Waals surface area contributed by atoms with Crippen LogP contribution in [-0.2, 0) is 17.4 Å². The van der Waals surface area contributed by atoms with Crippen molar-refractivity contribution in [3.8, 4) is 0 Å². The predicted molar refractivity (Wildman–Crippen MR) is 114 cm³/mol. The highest BCUT2D eigenvalue weighted by Gasteiger charge is 2.39. The number of hydrogen-bond acceptors (Lipinski definition) is 7. The number of carbonyl (C=O) groups is 1. The summed E-state index contributed by atoms with van der Waals surface area (Å²) in [4.78, 5) is 29.2. The van der Waals surface area contributed by atoms with Crippen molar-refractivity contribution >= 4 is 29.0 Å². The van der Waals surface area contributed by atoms with Gasteiger partial charge in [0.2, 0.25) is 11.9 Å². The Bertz CT molecular complexity index is 1040. The van der Waals surface area contributed by atoms with Crippen molar-refractivity contribution in [1.82, 2.24) is 15.0 Å². The fraction of sp³-hybridized carbons (Fsp3) is 0.524. The van der Waals surface area contributed by atoms with Gasteiger partial charge >= 0.3 is 6.18 Å². The van der Waals surface area contributed by atoms with Gasteiger partial charge in [0, 0.05) is 25.7 Å². The summed E-state index contributed by atoms with van der Waals surface area (Å²) in [5.74, 6) is 1.40. The fourth-order valence-electron chi connectivity index (χ4n) is 4.48. The lowest BCUT2D eigenvalue weighted by molar-refractivity contribution is -0.141. The predicted octanol–water partition coefficient (Wildman–Crippen LogP) is 3.06. The second-order valence-electron chi connectivity index (χ2n) is 8.63. The van der Waals surface area contributed by atoms with Crippen LogP contribution in [0.1, 0.15) is 37.6 Å². The molecule has 0 spiro atoms. The summed E-state index contributed by atoms with van der Waals surface area (Å²) in [6.07, 6.45) is 0.0314. The molecular formula is C21H24F3N7O. The summed E-state index contributed by atoms with van der Waals surface area (Å²) in [5, 5.41) is 6.59. The lowest BCUT2D eigenvalue weighted by Gasteiger charge is -2.42. The first-order chi connectivity index (χ1) is 15.2. The number of amides is 1. The number of likely N-dealkylation sites (N-methyl/N-ethyl adjacent to an activating group) is 1. The first kappa shape index (κ1) is 20.8. The van der Waals surface area contributed by atoms with E-state index in [4.69, 9.17) is 4.98 Å². The summed E-state index contributed by atoms with van der Waals surface area (Å²) in [6.45, 7) is 2.58. The number of halogens is 3. The van der Waals surface area contributed by atoms with Crippen LogP contribution in [-0.4, -0.2) is 52.6 Å². The average Bonchev–Trinajstić information content (AvgIpc) is 2.74. The lowest BCUT2D eigenvalue weighted by Crippen LogP contribution is -2.53. The molecule has 0 bridgehead atoms. The Balaban J connectivity index is 1.24. The van der Waals surface area contributed by atoms with E-state index in [0.717, 1.165) is 48.9 Å². The standard InChI is InChI=1S/C21H24F3N7O/c1-11-19(32)31-7-3-4-15-17(31)18(30(11)2)29-20(28-15)27-14-8-13(9-14)26-12-5-6-16(25-10-12)21(22,23)24/h5-6,10-11,13-14,26H,3-4,7-9H2,1-2H3,(H,27,28,29)/t11-,13?,14?/m0/s1. The van der Waals surface area contributed by atoms with E-state index in [9.17, 15) is 18.0 Å². The van der Waals surface area contributed by atoms with E-state index in [1.807, 2.05) is 23.8 Å². The summed E-state index contributed by atoms with van der Waals surface area (Å²) in [7, 11) is 1.88. The van der Waals surface area contributed by atoms with Gasteiger partial charge in [-0.25, -0.2) is 9.97 Å². The van der Waals surface area contributed by atoms with Crippen molar-refractivity contribution in [1.29, 1.82) is 0 Å². The van der Waals surface area contributed by atoms with Crippen LogP contribution < -0.4 is 20.4 Å². The van der Waals surface area contributed by atoms with Crippen LogP contribution in [0.4, 0.5) is 36.3 Å². The maximum atomic E-state index is 12.6. The summed E-state index contributed by atoms with van der Waals surface area (Å²) >= 11 is 0. The van der Waals surface area contributed by atoms with Gasteiger partial charge < -0.3 is 20.4 Å². The first-order valence-corrected chi connectivity index (χ1v) is 10.7. The van der Waals surface area contributed by atoms with Gasteiger partial charge in [-0.3, -0.25) is 4.79 Å². The second-order valence-corrected chi connectivity index (χ2v) is 8.63. The van der Waals surface area contributed by atoms with E-state index in [1.54, 1.807) is 0 Å². The molecule has 5 rings (SSSR count). The molecule has 0 unspecified atom stereocenters. The maximum Gasteiger partial charge on any atom is 0.433 e. The quantitative estimate of drug-likeness (QED) is 0.745. The average molecular weight is 447 g/mol. The van der Waals surface area contributed by atoms with Crippen molar-refractivity contribution < 1.29 is 18.0 Å². The Morgan fingerprint density at radius 3 is 2.56 bits per heavy atom. The zero-order valence-corrected chi connectivity index (χ0v) is 17.8. The molecule has 2 aromatic rings. The normalized spacial score (nSPS) is 24.7. The van der Waals surface area contributed by atoms with Crippen molar-refractivity contribution in [3.63, 3.8) is 0 Å². The molecule has 2 N–H and O–H groups in total. The van der Waals surface area contributed by atoms with E-state index >= 15 is 0 Å². The first-order valence-electron chi connectivity index (χ1n) is 10.7. The number of rotatable bonds is 4. The number of aryl methyl sites for hydroxylation is 1. The third kappa shape index (κ3) is 3.59. The molecule has 2 aliphatic heterocycles. The molecule has 8 nitrogen and oxygen atoms in total. The number of nitrogens with zero attached hydrogens (tertiary/aromatic N) is 5. The van der Waals surface area contributed by atoms with E-state index in [1.165, 1.54) is 12.3 Å². The number of alkyl halides is 3. The van der Waals surface area contributed by atoms with E-state index in [0.29, 0.717) is 18.2 Å². The minimum atomic E-state index is -4.44. The summed E-state index contributed by atoms with van der Waals surface area (Å²) in [6, 6.07) is 2.41. The smallest absolute Gasteiger partial charge is 0.381 e. The number of anilines is 4. The van der Waals surface area contributed by atoms with Gasteiger partial charge in [0.1, 0.15) is 17.4 Å². The van der Waals surface area contributed by atoms with E-state index in [-0.39, 0.29) is 24.0 Å². The molecule has 1 atom stereocenters.